The lowest BCUT2D eigenvalue weighted by molar-refractivity contribution is -0.122. The van der Waals surface area contributed by atoms with Crippen LogP contribution in [0.2, 0.25) is 0 Å². The number of carbonyl (C=O) groups excluding carboxylic acids is 2. The molecule has 2 aliphatic rings. The van der Waals surface area contributed by atoms with E-state index in [1.807, 2.05) is 58.2 Å². The Balaban J connectivity index is 1.71. The van der Waals surface area contributed by atoms with Gasteiger partial charge in [0.2, 0.25) is 5.91 Å². The highest BCUT2D eigenvalue weighted by molar-refractivity contribution is 5.80. The lowest BCUT2D eigenvalue weighted by atomic mass is 9.91. The molecule has 0 saturated carbocycles. The molecule has 1 aromatic carbocycles. The Labute approximate surface area is 202 Å². The number of amides is 2. The van der Waals surface area contributed by atoms with Gasteiger partial charge in [0.25, 0.3) is 0 Å². The van der Waals surface area contributed by atoms with Gasteiger partial charge < -0.3 is 19.5 Å². The molecule has 0 spiro atoms. The summed E-state index contributed by atoms with van der Waals surface area (Å²) in [6, 6.07) is 5.59. The molecule has 2 N–H and O–H groups in total. The summed E-state index contributed by atoms with van der Waals surface area (Å²) in [4.78, 5) is 23.7. The number of benzene rings is 1. The smallest absolute Gasteiger partial charge is 0.407 e. The fraction of sp³-hybridized carbons (Fsp3) is 0.538. The highest BCUT2D eigenvalue weighted by atomic mass is 16.6. The van der Waals surface area contributed by atoms with Crippen LogP contribution in [0.1, 0.15) is 60.5 Å². The highest BCUT2D eigenvalue weighted by Gasteiger charge is 2.28. The first-order valence-electron chi connectivity index (χ1n) is 11.8. The minimum absolute atomic E-state index is 0.115. The van der Waals surface area contributed by atoms with Gasteiger partial charge in [-0.3, -0.25) is 15.2 Å². The van der Waals surface area contributed by atoms with Gasteiger partial charge in [0.05, 0.1) is 12.6 Å². The lowest BCUT2D eigenvalue weighted by Crippen LogP contribution is -2.42. The van der Waals surface area contributed by atoms with Gasteiger partial charge in [-0.05, 0) is 69.4 Å². The van der Waals surface area contributed by atoms with Crippen LogP contribution < -0.4 is 20.2 Å². The zero-order valence-electron chi connectivity index (χ0n) is 21.2. The number of fused-ring (bicyclic) bond motifs is 2. The van der Waals surface area contributed by atoms with Crippen molar-refractivity contribution in [2.24, 2.45) is 5.92 Å². The van der Waals surface area contributed by atoms with Gasteiger partial charge >= 0.3 is 6.09 Å². The summed E-state index contributed by atoms with van der Waals surface area (Å²) in [5, 5.41) is 4.70. The highest BCUT2D eigenvalue weighted by Crippen LogP contribution is 2.40. The van der Waals surface area contributed by atoms with Crippen LogP contribution in [0.4, 0.5) is 4.79 Å². The average Bonchev–Trinajstić information content (AvgIpc) is 2.69. The van der Waals surface area contributed by atoms with E-state index in [1.54, 1.807) is 5.01 Å². The second-order valence-electron chi connectivity index (χ2n) is 10.2. The summed E-state index contributed by atoms with van der Waals surface area (Å²) < 4.78 is 17.6. The summed E-state index contributed by atoms with van der Waals surface area (Å²) in [7, 11) is 0. The van der Waals surface area contributed by atoms with Crippen LogP contribution >= 0.6 is 0 Å². The molecule has 0 aromatic heterocycles. The third-order valence-corrected chi connectivity index (χ3v) is 5.36. The molecule has 8 nitrogen and oxygen atoms in total. The third kappa shape index (κ3) is 6.92. The summed E-state index contributed by atoms with van der Waals surface area (Å²) in [6.07, 6.45) is 4.04. The number of alkyl carbamates (subject to hydrolysis) is 1. The fourth-order valence-electron chi connectivity index (χ4n) is 4.09. The van der Waals surface area contributed by atoms with E-state index >= 15 is 0 Å². The summed E-state index contributed by atoms with van der Waals surface area (Å²) >= 11 is 0. The van der Waals surface area contributed by atoms with E-state index in [4.69, 9.17) is 14.2 Å². The Kier molecular flexibility index (Phi) is 7.79. The number of nitrogens with zero attached hydrogens (tertiary/aromatic N) is 1. The van der Waals surface area contributed by atoms with Crippen LogP contribution in [-0.2, 0) is 9.53 Å². The number of nitrogens with one attached hydrogen (secondary N) is 2. The third-order valence-electron chi connectivity index (χ3n) is 5.36. The van der Waals surface area contributed by atoms with Gasteiger partial charge in [-0.25, -0.2) is 4.79 Å². The molecule has 8 heteroatoms. The van der Waals surface area contributed by atoms with E-state index < -0.39 is 11.7 Å². The van der Waals surface area contributed by atoms with Gasteiger partial charge in [-0.15, -0.1) is 0 Å². The number of rotatable bonds is 7. The molecule has 2 aliphatic heterocycles. The van der Waals surface area contributed by atoms with Gasteiger partial charge in [0.1, 0.15) is 29.8 Å². The van der Waals surface area contributed by atoms with E-state index in [9.17, 15) is 9.59 Å². The lowest BCUT2D eigenvalue weighted by Gasteiger charge is -2.34. The van der Waals surface area contributed by atoms with Crippen molar-refractivity contribution in [3.8, 4) is 11.5 Å². The maximum Gasteiger partial charge on any atom is 0.407 e. The maximum atomic E-state index is 12.3. The zero-order valence-corrected chi connectivity index (χ0v) is 21.2. The first-order chi connectivity index (χ1) is 15.9. The van der Waals surface area contributed by atoms with Crippen LogP contribution in [0.3, 0.4) is 0 Å². The number of carbonyl (C=O) groups is 2. The van der Waals surface area contributed by atoms with Gasteiger partial charge in [0, 0.05) is 24.8 Å². The van der Waals surface area contributed by atoms with Gasteiger partial charge in [-0.1, -0.05) is 13.8 Å². The van der Waals surface area contributed by atoms with Crippen molar-refractivity contribution in [2.45, 2.75) is 72.6 Å². The molecule has 0 fully saturated rings. The molecular weight excluding hydrogens is 434 g/mol. The van der Waals surface area contributed by atoms with Crippen molar-refractivity contribution in [2.75, 3.05) is 13.2 Å². The monoisotopic (exact) mass is 471 g/mol. The molecule has 0 aliphatic carbocycles. The van der Waals surface area contributed by atoms with Crippen molar-refractivity contribution in [1.29, 1.82) is 0 Å². The molecule has 0 radical (unpaired) electrons. The Bertz CT molecular complexity index is 977. The SMILES string of the molecule is CC(=O)NN1C=CC2=C(C1)c1ccc(OC[C@H](CC(C)C)NC(=O)OC(C)(C)C)cc1OC2C. The Morgan fingerprint density at radius 3 is 2.65 bits per heavy atom. The zero-order chi connectivity index (χ0) is 25.0. The molecule has 0 bridgehead atoms. The molecule has 1 unspecified atom stereocenters. The second-order valence-corrected chi connectivity index (χ2v) is 10.2. The number of ether oxygens (including phenoxy) is 3. The standard InChI is InChI=1S/C26H37N3O5/c1-16(2)12-19(27-25(31)34-26(5,6)7)15-32-20-8-9-22-23-14-29(28-18(4)30)11-10-21(23)17(3)33-24(22)13-20/h8-11,13,16-17,19H,12,14-15H2,1-7H3,(H,27,31)(H,28,30)/t17?,19-/m0/s1. The Morgan fingerprint density at radius 1 is 1.26 bits per heavy atom. The molecule has 186 valence electrons. The van der Waals surface area contributed by atoms with E-state index in [0.29, 0.717) is 24.8 Å². The average molecular weight is 472 g/mol. The molecule has 0 saturated heterocycles. The minimum Gasteiger partial charge on any atom is -0.491 e. The largest absolute Gasteiger partial charge is 0.491 e. The quantitative estimate of drug-likeness (QED) is 0.612. The van der Waals surface area contributed by atoms with Crippen molar-refractivity contribution < 1.29 is 23.8 Å². The first kappa shape index (κ1) is 25.5. The number of hydrogen-bond acceptors (Lipinski definition) is 6. The summed E-state index contributed by atoms with van der Waals surface area (Å²) in [5.41, 5.74) is 5.44. The van der Waals surface area contributed by atoms with Crippen LogP contribution in [0.25, 0.3) is 5.57 Å². The van der Waals surface area contributed by atoms with Crippen LogP contribution in [-0.4, -0.2) is 47.9 Å². The van der Waals surface area contributed by atoms with Crippen LogP contribution in [0, 0.1) is 5.92 Å². The molecule has 1 aromatic rings. The normalized spacial score (nSPS) is 18.0. The molecule has 2 heterocycles. The van der Waals surface area contributed by atoms with E-state index in [1.165, 1.54) is 6.92 Å². The van der Waals surface area contributed by atoms with E-state index in [2.05, 4.69) is 24.6 Å². The number of hydrogen-bond donors (Lipinski definition) is 2. The first-order valence-corrected chi connectivity index (χ1v) is 11.8. The summed E-state index contributed by atoms with van der Waals surface area (Å²) in [6.45, 7) is 14.1. The predicted molar refractivity (Wildman–Crippen MR) is 131 cm³/mol. The topological polar surface area (TPSA) is 89.1 Å². The number of hydrazine groups is 1. The van der Waals surface area contributed by atoms with Gasteiger partial charge in [-0.2, -0.15) is 0 Å². The van der Waals surface area contributed by atoms with Crippen molar-refractivity contribution >= 4 is 17.6 Å². The van der Waals surface area contributed by atoms with Crippen molar-refractivity contribution in [1.82, 2.24) is 15.8 Å². The molecule has 2 amide bonds. The van der Waals surface area contributed by atoms with Crippen LogP contribution in [0.5, 0.6) is 11.5 Å². The fourth-order valence-corrected chi connectivity index (χ4v) is 4.09. The molecular formula is C26H37N3O5. The minimum atomic E-state index is -0.558. The second kappa shape index (κ2) is 10.4. The van der Waals surface area contributed by atoms with E-state index in [0.717, 1.165) is 28.9 Å². The summed E-state index contributed by atoms with van der Waals surface area (Å²) in [5.74, 6) is 1.67. The van der Waals surface area contributed by atoms with E-state index in [-0.39, 0.29) is 18.1 Å². The van der Waals surface area contributed by atoms with Crippen molar-refractivity contribution in [3.05, 3.63) is 41.6 Å². The molecule has 34 heavy (non-hydrogen) atoms. The Morgan fingerprint density at radius 2 is 2.00 bits per heavy atom. The predicted octanol–water partition coefficient (Wildman–Crippen LogP) is 4.42. The molecule has 2 atom stereocenters. The van der Waals surface area contributed by atoms with Gasteiger partial charge in [0.15, 0.2) is 0 Å². The Hall–Kier alpha value is -3.16. The van der Waals surface area contributed by atoms with Crippen LogP contribution in [0.15, 0.2) is 36.0 Å². The maximum absolute atomic E-state index is 12.3. The molecule has 3 rings (SSSR count). The van der Waals surface area contributed by atoms with Crippen molar-refractivity contribution in [3.63, 3.8) is 0 Å².